The van der Waals surface area contributed by atoms with Gasteiger partial charge in [0.1, 0.15) is 17.2 Å². The van der Waals surface area contributed by atoms with Crippen molar-refractivity contribution in [1.82, 2.24) is 4.72 Å². The van der Waals surface area contributed by atoms with Gasteiger partial charge in [0.25, 0.3) is 0 Å². The average molecular weight is 458 g/mol. The van der Waals surface area contributed by atoms with E-state index < -0.39 is 22.0 Å². The van der Waals surface area contributed by atoms with Crippen LogP contribution in [0.5, 0.6) is 0 Å². The first-order chi connectivity index (χ1) is 14.8. The quantitative estimate of drug-likeness (QED) is 0.388. The highest BCUT2D eigenvalue weighted by Gasteiger charge is 2.25. The standard InChI is InChI=1S/C23H20ClNO5S/c24-16-10-8-15(9-11-16)4-3-6-20(23(26)27)25-31(28,29)17-12-13-22-19(14-17)18-5-1-2-7-21(18)30-22/h1-2,5,7-14,20,25H,3-4,6H2,(H,26,27). The van der Waals surface area contributed by atoms with Crippen molar-refractivity contribution in [1.29, 1.82) is 0 Å². The Morgan fingerprint density at radius 3 is 2.45 bits per heavy atom. The number of carbonyl (C=O) groups is 1. The van der Waals surface area contributed by atoms with Crippen molar-refractivity contribution >= 4 is 49.5 Å². The number of nitrogens with one attached hydrogen (secondary N) is 1. The van der Waals surface area contributed by atoms with Gasteiger partial charge in [-0.25, -0.2) is 8.42 Å². The molecule has 6 nitrogen and oxygen atoms in total. The van der Waals surface area contributed by atoms with Gasteiger partial charge in [-0.1, -0.05) is 41.9 Å². The lowest BCUT2D eigenvalue weighted by Crippen LogP contribution is -2.40. The van der Waals surface area contributed by atoms with E-state index in [4.69, 9.17) is 16.0 Å². The third-order valence-corrected chi connectivity index (χ3v) is 6.85. The fraction of sp³-hybridized carbons (Fsp3) is 0.174. The average Bonchev–Trinajstić information content (AvgIpc) is 3.12. The van der Waals surface area contributed by atoms with Crippen molar-refractivity contribution in [2.24, 2.45) is 0 Å². The zero-order chi connectivity index (χ0) is 22.0. The molecule has 4 rings (SSSR count). The van der Waals surface area contributed by atoms with Crippen LogP contribution in [0.1, 0.15) is 18.4 Å². The molecule has 0 saturated heterocycles. The zero-order valence-electron chi connectivity index (χ0n) is 16.4. The maximum atomic E-state index is 12.9. The number of hydrogen-bond acceptors (Lipinski definition) is 4. The molecule has 8 heteroatoms. The highest BCUT2D eigenvalue weighted by molar-refractivity contribution is 7.89. The number of carboxylic acids is 1. The molecule has 0 aliphatic rings. The summed E-state index contributed by atoms with van der Waals surface area (Å²) in [5.74, 6) is -1.21. The number of carboxylic acid groups (broad SMARTS) is 1. The van der Waals surface area contributed by atoms with Gasteiger partial charge in [-0.3, -0.25) is 4.79 Å². The summed E-state index contributed by atoms with van der Waals surface area (Å²) in [7, 11) is -4.03. The molecule has 0 aliphatic heterocycles. The van der Waals surface area contributed by atoms with E-state index in [0.717, 1.165) is 10.9 Å². The number of para-hydroxylation sites is 1. The number of rotatable bonds is 8. The second kappa shape index (κ2) is 8.70. The maximum Gasteiger partial charge on any atom is 0.321 e. The van der Waals surface area contributed by atoms with Gasteiger partial charge in [-0.05, 0) is 61.2 Å². The number of benzene rings is 3. The van der Waals surface area contributed by atoms with E-state index >= 15 is 0 Å². The fourth-order valence-electron chi connectivity index (χ4n) is 3.52. The smallest absolute Gasteiger partial charge is 0.321 e. The predicted octanol–water partition coefficient (Wildman–Crippen LogP) is 4.99. The van der Waals surface area contributed by atoms with Gasteiger partial charge in [0.15, 0.2) is 0 Å². The summed E-state index contributed by atoms with van der Waals surface area (Å²) in [6, 6.07) is 17.9. The third-order valence-electron chi connectivity index (χ3n) is 5.13. The molecule has 0 fully saturated rings. The minimum Gasteiger partial charge on any atom is -0.480 e. The highest BCUT2D eigenvalue weighted by atomic mass is 35.5. The molecule has 0 radical (unpaired) electrons. The van der Waals surface area contributed by atoms with Crippen LogP contribution in [0.15, 0.2) is 76.0 Å². The van der Waals surface area contributed by atoms with Crippen LogP contribution in [-0.4, -0.2) is 25.5 Å². The third kappa shape index (κ3) is 4.74. The van der Waals surface area contributed by atoms with Crippen LogP contribution in [0.2, 0.25) is 5.02 Å². The van der Waals surface area contributed by atoms with Crippen molar-refractivity contribution in [3.05, 3.63) is 77.3 Å². The molecule has 0 bridgehead atoms. The lowest BCUT2D eigenvalue weighted by Gasteiger charge is -2.15. The van der Waals surface area contributed by atoms with Gasteiger partial charge in [0, 0.05) is 15.8 Å². The summed E-state index contributed by atoms with van der Waals surface area (Å²) in [5, 5.41) is 11.6. The number of hydrogen-bond donors (Lipinski definition) is 2. The van der Waals surface area contributed by atoms with Crippen molar-refractivity contribution < 1.29 is 22.7 Å². The molecule has 160 valence electrons. The Hall–Kier alpha value is -2.87. The number of furan rings is 1. The van der Waals surface area contributed by atoms with E-state index in [2.05, 4.69) is 4.72 Å². The molecule has 0 aliphatic carbocycles. The number of aryl methyl sites for hydroxylation is 1. The molecule has 0 spiro atoms. The minimum absolute atomic E-state index is 0.00416. The first-order valence-electron chi connectivity index (χ1n) is 9.74. The lowest BCUT2D eigenvalue weighted by molar-refractivity contribution is -0.139. The molecule has 0 saturated carbocycles. The molecule has 1 heterocycles. The summed E-state index contributed by atoms with van der Waals surface area (Å²) in [6.07, 6.45) is 1.29. The SMILES string of the molecule is O=C(O)C(CCCc1ccc(Cl)cc1)NS(=O)(=O)c1ccc2oc3ccccc3c2c1. The van der Waals surface area contributed by atoms with Gasteiger partial charge < -0.3 is 9.52 Å². The molecule has 3 aromatic carbocycles. The number of halogens is 1. The topological polar surface area (TPSA) is 96.6 Å². The summed E-state index contributed by atoms with van der Waals surface area (Å²) >= 11 is 5.87. The molecular weight excluding hydrogens is 438 g/mol. The Bertz CT molecular complexity index is 1350. The van der Waals surface area contributed by atoms with Crippen LogP contribution in [0.25, 0.3) is 21.9 Å². The molecule has 1 aromatic heterocycles. The van der Waals surface area contributed by atoms with E-state index in [-0.39, 0.29) is 11.3 Å². The van der Waals surface area contributed by atoms with E-state index in [1.807, 2.05) is 36.4 Å². The number of sulfonamides is 1. The Kier molecular flexibility index (Phi) is 6.00. The van der Waals surface area contributed by atoms with Crippen molar-refractivity contribution in [2.75, 3.05) is 0 Å². The number of fused-ring (bicyclic) bond motifs is 3. The van der Waals surface area contributed by atoms with Crippen LogP contribution in [0, 0.1) is 0 Å². The summed E-state index contributed by atoms with van der Waals surface area (Å²) in [4.78, 5) is 11.7. The van der Waals surface area contributed by atoms with Gasteiger partial charge >= 0.3 is 5.97 Å². The van der Waals surface area contributed by atoms with E-state index in [0.29, 0.717) is 34.4 Å². The molecule has 1 atom stereocenters. The molecule has 4 aromatic rings. The Labute approximate surface area is 184 Å². The summed E-state index contributed by atoms with van der Waals surface area (Å²) in [6.45, 7) is 0. The Balaban J connectivity index is 1.51. The van der Waals surface area contributed by atoms with Crippen LogP contribution in [0.4, 0.5) is 0 Å². The van der Waals surface area contributed by atoms with Gasteiger partial charge in [0.2, 0.25) is 10.0 Å². The first-order valence-corrected chi connectivity index (χ1v) is 11.6. The normalized spacial score (nSPS) is 12.9. The molecule has 0 amide bonds. The predicted molar refractivity (Wildman–Crippen MR) is 120 cm³/mol. The highest BCUT2D eigenvalue weighted by Crippen LogP contribution is 2.30. The van der Waals surface area contributed by atoms with E-state index in [9.17, 15) is 18.3 Å². The van der Waals surface area contributed by atoms with Crippen LogP contribution in [0.3, 0.4) is 0 Å². The second-order valence-corrected chi connectivity index (χ2v) is 9.44. The molecule has 2 N–H and O–H groups in total. The molecule has 1 unspecified atom stereocenters. The van der Waals surface area contributed by atoms with Crippen molar-refractivity contribution in [3.8, 4) is 0 Å². The molecular formula is C23H20ClNO5S. The summed E-state index contributed by atoms with van der Waals surface area (Å²) < 4.78 is 33.9. The van der Waals surface area contributed by atoms with Crippen molar-refractivity contribution in [3.63, 3.8) is 0 Å². The van der Waals surface area contributed by atoms with Gasteiger partial charge in [0.05, 0.1) is 4.90 Å². The van der Waals surface area contributed by atoms with Crippen molar-refractivity contribution in [2.45, 2.75) is 30.2 Å². The second-order valence-electron chi connectivity index (χ2n) is 7.29. The Morgan fingerprint density at radius 1 is 1.00 bits per heavy atom. The maximum absolute atomic E-state index is 12.9. The van der Waals surface area contributed by atoms with Crippen LogP contribution < -0.4 is 4.72 Å². The van der Waals surface area contributed by atoms with E-state index in [1.165, 1.54) is 12.1 Å². The number of aliphatic carboxylic acids is 1. The summed E-state index contributed by atoms with van der Waals surface area (Å²) in [5.41, 5.74) is 2.23. The van der Waals surface area contributed by atoms with Gasteiger partial charge in [-0.15, -0.1) is 0 Å². The minimum atomic E-state index is -4.03. The largest absolute Gasteiger partial charge is 0.480 e. The van der Waals surface area contributed by atoms with Gasteiger partial charge in [-0.2, -0.15) is 4.72 Å². The van der Waals surface area contributed by atoms with Crippen LogP contribution >= 0.6 is 11.6 Å². The molecule has 31 heavy (non-hydrogen) atoms. The monoisotopic (exact) mass is 457 g/mol. The van der Waals surface area contributed by atoms with E-state index in [1.54, 1.807) is 18.2 Å². The first kappa shape index (κ1) is 21.4. The Morgan fingerprint density at radius 2 is 1.71 bits per heavy atom. The van der Waals surface area contributed by atoms with Crippen LogP contribution in [-0.2, 0) is 21.2 Å². The fourth-order valence-corrected chi connectivity index (χ4v) is 4.90. The zero-order valence-corrected chi connectivity index (χ0v) is 18.0. The lowest BCUT2D eigenvalue weighted by atomic mass is 10.1.